The van der Waals surface area contributed by atoms with Gasteiger partial charge in [0.05, 0.1) is 23.6 Å². The van der Waals surface area contributed by atoms with Crippen molar-refractivity contribution >= 4 is 34.3 Å². The van der Waals surface area contributed by atoms with Crippen molar-refractivity contribution in [2.24, 2.45) is 11.8 Å². The molecule has 4 rings (SSSR count). The van der Waals surface area contributed by atoms with E-state index < -0.39 is 11.7 Å². The second-order valence-corrected chi connectivity index (χ2v) is 9.50. The van der Waals surface area contributed by atoms with Gasteiger partial charge < -0.3 is 10.1 Å². The van der Waals surface area contributed by atoms with E-state index in [1.165, 1.54) is 0 Å². The molecule has 176 valence electrons. The number of nitriles is 2. The summed E-state index contributed by atoms with van der Waals surface area (Å²) < 4.78 is 5.42. The number of aryl methyl sites for hydroxylation is 1. The van der Waals surface area contributed by atoms with Crippen LogP contribution in [0, 0.1) is 41.4 Å². The van der Waals surface area contributed by atoms with Crippen molar-refractivity contribution in [1.82, 2.24) is 9.97 Å². The number of anilines is 2. The van der Waals surface area contributed by atoms with E-state index in [-0.39, 0.29) is 17.7 Å². The molecule has 0 spiro atoms. The molecular weight excluding hydrogens is 444 g/mol. The Morgan fingerprint density at radius 2 is 1.86 bits per heavy atom. The molecule has 2 atom stereocenters. The molecule has 1 aromatic carbocycles. The second kappa shape index (κ2) is 9.03. The van der Waals surface area contributed by atoms with Crippen LogP contribution < -0.4 is 10.6 Å². The minimum atomic E-state index is -0.676. The number of pyridine rings is 2. The highest BCUT2D eigenvalue weighted by molar-refractivity contribution is 6.04. The highest BCUT2D eigenvalue weighted by Gasteiger charge is 2.43. The average Bonchev–Trinajstić information content (AvgIpc) is 3.57. The molecule has 1 aliphatic rings. The van der Waals surface area contributed by atoms with E-state index in [2.05, 4.69) is 26.7 Å². The molecule has 1 aliphatic carbocycles. The van der Waals surface area contributed by atoms with E-state index in [9.17, 15) is 9.59 Å². The SMILES string of the molecule is Cc1cc(C#N)ncc1-c1cc(NC(=O)OC(C)(C)C)c2cnc(NC(=O)[C@@H]3C[C@H]3C#N)cc2c1. The quantitative estimate of drug-likeness (QED) is 0.553. The highest BCUT2D eigenvalue weighted by atomic mass is 16.6. The summed E-state index contributed by atoms with van der Waals surface area (Å²) in [5.41, 5.74) is 2.50. The predicted molar refractivity (Wildman–Crippen MR) is 130 cm³/mol. The second-order valence-electron chi connectivity index (χ2n) is 9.50. The van der Waals surface area contributed by atoms with Crippen molar-refractivity contribution < 1.29 is 14.3 Å². The lowest BCUT2D eigenvalue weighted by Crippen LogP contribution is -2.27. The van der Waals surface area contributed by atoms with Crippen LogP contribution in [0.4, 0.5) is 16.3 Å². The molecule has 1 saturated carbocycles. The van der Waals surface area contributed by atoms with Gasteiger partial charge in [0.2, 0.25) is 5.91 Å². The third-order valence-electron chi connectivity index (χ3n) is 5.55. The lowest BCUT2D eigenvalue weighted by Gasteiger charge is -2.20. The third kappa shape index (κ3) is 5.36. The molecule has 9 nitrogen and oxygen atoms in total. The number of carbonyl (C=O) groups is 2. The number of nitrogens with one attached hydrogen (secondary N) is 2. The Kier molecular flexibility index (Phi) is 6.10. The van der Waals surface area contributed by atoms with E-state index in [0.717, 1.165) is 22.1 Å². The first-order valence-corrected chi connectivity index (χ1v) is 11.1. The molecule has 2 N–H and O–H groups in total. The maximum absolute atomic E-state index is 12.5. The average molecular weight is 469 g/mol. The molecule has 3 aromatic rings. The third-order valence-corrected chi connectivity index (χ3v) is 5.55. The molecule has 2 aromatic heterocycles. The van der Waals surface area contributed by atoms with Gasteiger partial charge in [-0.3, -0.25) is 10.1 Å². The Morgan fingerprint density at radius 1 is 1.09 bits per heavy atom. The zero-order valence-electron chi connectivity index (χ0n) is 19.8. The van der Waals surface area contributed by atoms with Gasteiger partial charge in [0, 0.05) is 23.3 Å². The number of fused-ring (bicyclic) bond motifs is 1. The van der Waals surface area contributed by atoms with Crippen molar-refractivity contribution in [3.05, 3.63) is 47.9 Å². The first-order chi connectivity index (χ1) is 16.6. The molecule has 0 aliphatic heterocycles. The van der Waals surface area contributed by atoms with Crippen molar-refractivity contribution in [3.8, 4) is 23.3 Å². The molecule has 0 bridgehead atoms. The van der Waals surface area contributed by atoms with Crippen molar-refractivity contribution in [3.63, 3.8) is 0 Å². The normalized spacial score (nSPS) is 16.6. The standard InChI is InChI=1S/C26H24N6O3/c1-14-5-18(11-28)29-12-20(14)15-6-16-9-23(32-24(33)19-7-17(19)10-27)30-13-21(16)22(8-15)31-25(34)35-26(2,3)4/h5-6,8-9,12-13,17,19H,7H2,1-4H3,(H,31,34)(H,30,32,33)/t17-,19+/m0/s1. The molecular formula is C26H24N6O3. The highest BCUT2D eigenvalue weighted by Crippen LogP contribution is 2.39. The zero-order valence-corrected chi connectivity index (χ0v) is 19.8. The van der Waals surface area contributed by atoms with Gasteiger partial charge in [0.1, 0.15) is 23.2 Å². The number of nitrogens with zero attached hydrogens (tertiary/aromatic N) is 4. The number of ether oxygens (including phenoxy) is 1. The number of hydrogen-bond acceptors (Lipinski definition) is 7. The van der Waals surface area contributed by atoms with Crippen LogP contribution in [-0.4, -0.2) is 27.6 Å². The van der Waals surface area contributed by atoms with Crippen LogP contribution in [0.25, 0.3) is 21.9 Å². The maximum Gasteiger partial charge on any atom is 0.412 e. The van der Waals surface area contributed by atoms with E-state index in [0.29, 0.717) is 29.0 Å². The summed E-state index contributed by atoms with van der Waals surface area (Å²) in [6, 6.07) is 11.2. The maximum atomic E-state index is 12.5. The van der Waals surface area contributed by atoms with Gasteiger partial charge in [0.15, 0.2) is 0 Å². The van der Waals surface area contributed by atoms with Crippen LogP contribution in [0.5, 0.6) is 0 Å². The summed E-state index contributed by atoms with van der Waals surface area (Å²) in [6.45, 7) is 7.21. The molecule has 2 amide bonds. The minimum absolute atomic E-state index is 0.237. The van der Waals surface area contributed by atoms with Gasteiger partial charge in [-0.15, -0.1) is 0 Å². The van der Waals surface area contributed by atoms with Crippen molar-refractivity contribution in [2.75, 3.05) is 10.6 Å². The van der Waals surface area contributed by atoms with Gasteiger partial charge in [-0.25, -0.2) is 14.8 Å². The lowest BCUT2D eigenvalue weighted by molar-refractivity contribution is -0.117. The lowest BCUT2D eigenvalue weighted by atomic mass is 9.98. The first-order valence-electron chi connectivity index (χ1n) is 11.1. The van der Waals surface area contributed by atoms with Gasteiger partial charge in [0.25, 0.3) is 0 Å². The van der Waals surface area contributed by atoms with Gasteiger partial charge >= 0.3 is 6.09 Å². The van der Waals surface area contributed by atoms with Gasteiger partial charge in [-0.2, -0.15) is 10.5 Å². The van der Waals surface area contributed by atoms with E-state index in [1.54, 1.807) is 51.4 Å². The van der Waals surface area contributed by atoms with E-state index in [4.69, 9.17) is 15.3 Å². The van der Waals surface area contributed by atoms with Crippen LogP contribution in [0.3, 0.4) is 0 Å². The van der Waals surface area contributed by atoms with Crippen molar-refractivity contribution in [2.45, 2.75) is 39.7 Å². The summed E-state index contributed by atoms with van der Waals surface area (Å²) in [5.74, 6) is -0.459. The number of aromatic nitrogens is 2. The predicted octanol–water partition coefficient (Wildman–Crippen LogP) is 4.92. The molecule has 1 fully saturated rings. The molecule has 9 heteroatoms. The molecule has 0 unspecified atom stereocenters. The fourth-order valence-electron chi connectivity index (χ4n) is 3.76. The summed E-state index contributed by atoms with van der Waals surface area (Å²) in [4.78, 5) is 33.5. The number of carbonyl (C=O) groups excluding carboxylic acids is 2. The topological polar surface area (TPSA) is 141 Å². The van der Waals surface area contributed by atoms with Crippen LogP contribution in [-0.2, 0) is 9.53 Å². The fraction of sp³-hybridized carbons (Fsp3) is 0.308. The van der Waals surface area contributed by atoms with E-state index >= 15 is 0 Å². The fourth-order valence-corrected chi connectivity index (χ4v) is 3.76. The Labute approximate surface area is 202 Å². The van der Waals surface area contributed by atoms with Gasteiger partial charge in [-0.1, -0.05) is 0 Å². The Hall–Kier alpha value is -4.50. The van der Waals surface area contributed by atoms with Crippen LogP contribution >= 0.6 is 0 Å². The first kappa shape index (κ1) is 23.7. The Bertz CT molecular complexity index is 1430. The van der Waals surface area contributed by atoms with Gasteiger partial charge in [-0.05, 0) is 74.9 Å². The van der Waals surface area contributed by atoms with Crippen molar-refractivity contribution in [1.29, 1.82) is 10.5 Å². The largest absolute Gasteiger partial charge is 0.444 e. The summed E-state index contributed by atoms with van der Waals surface area (Å²) in [7, 11) is 0. The van der Waals surface area contributed by atoms with Crippen LogP contribution in [0.1, 0.15) is 38.4 Å². The van der Waals surface area contributed by atoms with Crippen LogP contribution in [0.15, 0.2) is 36.7 Å². The Morgan fingerprint density at radius 3 is 2.49 bits per heavy atom. The Balaban J connectivity index is 1.75. The number of amides is 2. The monoisotopic (exact) mass is 468 g/mol. The molecule has 0 radical (unpaired) electrons. The molecule has 0 saturated heterocycles. The smallest absolute Gasteiger partial charge is 0.412 e. The zero-order chi connectivity index (χ0) is 25.3. The number of hydrogen-bond donors (Lipinski definition) is 2. The number of benzene rings is 1. The molecule has 2 heterocycles. The molecule has 35 heavy (non-hydrogen) atoms. The van der Waals surface area contributed by atoms with Crippen LogP contribution in [0.2, 0.25) is 0 Å². The number of rotatable bonds is 4. The minimum Gasteiger partial charge on any atom is -0.444 e. The summed E-state index contributed by atoms with van der Waals surface area (Å²) in [6.07, 6.45) is 3.12. The van der Waals surface area contributed by atoms with E-state index in [1.807, 2.05) is 19.1 Å². The summed E-state index contributed by atoms with van der Waals surface area (Å²) in [5, 5.41) is 25.1. The summed E-state index contributed by atoms with van der Waals surface area (Å²) >= 11 is 0.